The van der Waals surface area contributed by atoms with Gasteiger partial charge in [-0.15, -0.1) is 10.2 Å². The van der Waals surface area contributed by atoms with Crippen LogP contribution in [-0.4, -0.2) is 57.1 Å². The zero-order chi connectivity index (χ0) is 20.4. The molecule has 0 bridgehead atoms. The van der Waals surface area contributed by atoms with Crippen LogP contribution in [0.4, 0.5) is 20.7 Å². The minimum absolute atomic E-state index is 0.228. The lowest BCUT2D eigenvalue weighted by Crippen LogP contribution is -2.50. The molecule has 1 saturated heterocycles. The number of anilines is 2. The molecule has 1 fully saturated rings. The van der Waals surface area contributed by atoms with Crippen molar-refractivity contribution in [2.24, 2.45) is 0 Å². The Morgan fingerprint density at radius 3 is 2.38 bits per heavy atom. The number of benzene rings is 1. The average Bonchev–Trinajstić information content (AvgIpc) is 3.18. The van der Waals surface area contributed by atoms with E-state index in [1.54, 1.807) is 28.6 Å². The van der Waals surface area contributed by atoms with Crippen LogP contribution in [0.3, 0.4) is 0 Å². The van der Waals surface area contributed by atoms with Crippen molar-refractivity contribution in [2.45, 2.75) is 13.8 Å². The van der Waals surface area contributed by atoms with Crippen LogP contribution in [0, 0.1) is 19.7 Å². The largest absolute Gasteiger partial charge is 0.352 e. The van der Waals surface area contributed by atoms with Gasteiger partial charge in [-0.3, -0.25) is 0 Å². The zero-order valence-electron chi connectivity index (χ0n) is 16.3. The minimum atomic E-state index is -0.333. The molecule has 0 saturated carbocycles. The average molecular weight is 395 g/mol. The highest BCUT2D eigenvalue weighted by molar-refractivity contribution is 5.90. The monoisotopic (exact) mass is 395 g/mol. The molecule has 1 aliphatic rings. The van der Waals surface area contributed by atoms with Gasteiger partial charge in [0.25, 0.3) is 0 Å². The van der Waals surface area contributed by atoms with Gasteiger partial charge in [-0.2, -0.15) is 5.10 Å². The Bertz CT molecular complexity index is 1010. The van der Waals surface area contributed by atoms with Crippen molar-refractivity contribution in [3.63, 3.8) is 0 Å². The quantitative estimate of drug-likeness (QED) is 0.738. The van der Waals surface area contributed by atoms with Crippen molar-refractivity contribution < 1.29 is 9.18 Å². The molecule has 0 unspecified atom stereocenters. The molecule has 0 radical (unpaired) electrons. The molecule has 8 nitrogen and oxygen atoms in total. The van der Waals surface area contributed by atoms with Crippen molar-refractivity contribution in [3.8, 4) is 5.82 Å². The Hall–Kier alpha value is -3.49. The van der Waals surface area contributed by atoms with Gasteiger partial charge in [0, 0.05) is 43.6 Å². The van der Waals surface area contributed by atoms with Crippen LogP contribution in [0.1, 0.15) is 11.3 Å². The fourth-order valence-electron chi connectivity index (χ4n) is 3.23. The van der Waals surface area contributed by atoms with Gasteiger partial charge in [0.2, 0.25) is 0 Å². The Kier molecular flexibility index (Phi) is 5.11. The summed E-state index contributed by atoms with van der Waals surface area (Å²) in [6.07, 6.45) is 1.84. The number of carbonyl (C=O) groups is 1. The van der Waals surface area contributed by atoms with E-state index >= 15 is 0 Å². The molecule has 3 heterocycles. The first kappa shape index (κ1) is 18.9. The normalized spacial score (nSPS) is 14.2. The number of urea groups is 1. The van der Waals surface area contributed by atoms with E-state index in [2.05, 4.69) is 25.5 Å². The van der Waals surface area contributed by atoms with E-state index in [9.17, 15) is 9.18 Å². The highest BCUT2D eigenvalue weighted by Gasteiger charge is 2.23. The lowest BCUT2D eigenvalue weighted by Gasteiger charge is -2.35. The smallest absolute Gasteiger partial charge is 0.321 e. The third kappa shape index (κ3) is 4.03. The van der Waals surface area contributed by atoms with E-state index in [-0.39, 0.29) is 11.8 Å². The van der Waals surface area contributed by atoms with Crippen molar-refractivity contribution in [1.82, 2.24) is 24.9 Å². The molecule has 4 rings (SSSR count). The van der Waals surface area contributed by atoms with E-state index in [1.165, 1.54) is 6.07 Å². The van der Waals surface area contributed by atoms with Gasteiger partial charge in [-0.25, -0.2) is 13.9 Å². The number of piperazine rings is 1. The van der Waals surface area contributed by atoms with E-state index in [4.69, 9.17) is 0 Å². The fraction of sp³-hybridized carbons (Fsp3) is 0.300. The highest BCUT2D eigenvalue weighted by atomic mass is 19.1. The van der Waals surface area contributed by atoms with Gasteiger partial charge >= 0.3 is 6.03 Å². The molecular formula is C20H22FN7O. The Balaban J connectivity index is 1.35. The van der Waals surface area contributed by atoms with Gasteiger partial charge in [-0.05, 0) is 44.2 Å². The summed E-state index contributed by atoms with van der Waals surface area (Å²) < 4.78 is 15.3. The SMILES string of the molecule is Cc1ccn(-c2ccc(N3CCN(C(=O)Nc4cccc(F)c4C)CC3)nn2)n1. The summed E-state index contributed by atoms with van der Waals surface area (Å²) in [7, 11) is 0. The number of amides is 2. The number of rotatable bonds is 3. The molecule has 9 heteroatoms. The Morgan fingerprint density at radius 2 is 1.72 bits per heavy atom. The van der Waals surface area contributed by atoms with E-state index in [0.717, 1.165) is 11.5 Å². The number of hydrogen-bond acceptors (Lipinski definition) is 5. The van der Waals surface area contributed by atoms with Gasteiger partial charge < -0.3 is 15.1 Å². The maximum Gasteiger partial charge on any atom is 0.321 e. The summed E-state index contributed by atoms with van der Waals surface area (Å²) in [6, 6.07) is 10.1. The number of nitrogens with zero attached hydrogens (tertiary/aromatic N) is 6. The summed E-state index contributed by atoms with van der Waals surface area (Å²) in [6.45, 7) is 5.94. The first-order valence-electron chi connectivity index (χ1n) is 9.43. The molecule has 0 spiro atoms. The Labute approximate surface area is 168 Å². The van der Waals surface area contributed by atoms with Gasteiger partial charge in [0.15, 0.2) is 11.6 Å². The summed E-state index contributed by atoms with van der Waals surface area (Å²) in [5.41, 5.74) is 1.84. The maximum absolute atomic E-state index is 13.7. The number of aromatic nitrogens is 4. The molecule has 2 amide bonds. The third-order valence-electron chi connectivity index (χ3n) is 4.99. The summed E-state index contributed by atoms with van der Waals surface area (Å²) in [4.78, 5) is 16.3. The second-order valence-corrected chi connectivity index (χ2v) is 6.97. The van der Waals surface area contributed by atoms with Crippen molar-refractivity contribution in [2.75, 3.05) is 36.4 Å². The van der Waals surface area contributed by atoms with Crippen molar-refractivity contribution in [3.05, 3.63) is 59.7 Å². The minimum Gasteiger partial charge on any atom is -0.352 e. The van der Waals surface area contributed by atoms with Crippen LogP contribution in [0.15, 0.2) is 42.6 Å². The molecule has 150 valence electrons. The van der Waals surface area contributed by atoms with Gasteiger partial charge in [0.1, 0.15) is 5.82 Å². The molecule has 0 atom stereocenters. The van der Waals surface area contributed by atoms with E-state index in [1.807, 2.05) is 31.3 Å². The van der Waals surface area contributed by atoms with Gasteiger partial charge in [0.05, 0.1) is 5.69 Å². The summed E-state index contributed by atoms with van der Waals surface area (Å²) in [5.74, 6) is 1.09. The van der Waals surface area contributed by atoms with Crippen LogP contribution in [0.2, 0.25) is 0 Å². The van der Waals surface area contributed by atoms with Crippen molar-refractivity contribution in [1.29, 1.82) is 0 Å². The van der Waals surface area contributed by atoms with Crippen LogP contribution >= 0.6 is 0 Å². The fourth-order valence-corrected chi connectivity index (χ4v) is 3.23. The topological polar surface area (TPSA) is 79.2 Å². The lowest BCUT2D eigenvalue weighted by molar-refractivity contribution is 0.208. The standard InChI is InChI=1S/C20H22FN7O/c1-14-8-9-28(25-14)19-7-6-18(23-24-19)26-10-12-27(13-11-26)20(29)22-17-5-3-4-16(21)15(17)2/h3-9H,10-13H2,1-2H3,(H,22,29). The summed E-state index contributed by atoms with van der Waals surface area (Å²) in [5, 5.41) is 15.7. The number of hydrogen-bond donors (Lipinski definition) is 1. The first-order chi connectivity index (χ1) is 14.0. The molecule has 29 heavy (non-hydrogen) atoms. The highest BCUT2D eigenvalue weighted by Crippen LogP contribution is 2.19. The molecule has 3 aromatic rings. The van der Waals surface area contributed by atoms with Crippen LogP contribution in [0.25, 0.3) is 5.82 Å². The number of nitrogens with one attached hydrogen (secondary N) is 1. The maximum atomic E-state index is 13.7. The molecule has 0 aliphatic carbocycles. The Morgan fingerprint density at radius 1 is 1.00 bits per heavy atom. The summed E-state index contributed by atoms with van der Waals surface area (Å²) >= 11 is 0. The second-order valence-electron chi connectivity index (χ2n) is 6.97. The molecule has 1 aliphatic heterocycles. The number of aryl methyl sites for hydroxylation is 1. The van der Waals surface area contributed by atoms with E-state index in [0.29, 0.717) is 43.2 Å². The molecule has 1 N–H and O–H groups in total. The third-order valence-corrected chi connectivity index (χ3v) is 4.99. The van der Waals surface area contributed by atoms with Crippen LogP contribution in [-0.2, 0) is 0 Å². The lowest BCUT2D eigenvalue weighted by atomic mass is 10.2. The second kappa shape index (κ2) is 7.86. The zero-order valence-corrected chi connectivity index (χ0v) is 16.3. The van der Waals surface area contributed by atoms with E-state index < -0.39 is 0 Å². The molecule has 2 aromatic heterocycles. The molecular weight excluding hydrogens is 373 g/mol. The predicted molar refractivity (Wildman–Crippen MR) is 108 cm³/mol. The van der Waals surface area contributed by atoms with Crippen molar-refractivity contribution >= 4 is 17.5 Å². The van der Waals surface area contributed by atoms with Crippen LogP contribution in [0.5, 0.6) is 0 Å². The number of carbonyl (C=O) groups excluding carboxylic acids is 1. The predicted octanol–water partition coefficient (Wildman–Crippen LogP) is 2.77. The van der Waals surface area contributed by atoms with Crippen LogP contribution < -0.4 is 10.2 Å². The number of halogens is 1. The first-order valence-corrected chi connectivity index (χ1v) is 9.43. The molecule has 1 aromatic carbocycles. The van der Waals surface area contributed by atoms with Gasteiger partial charge in [-0.1, -0.05) is 6.07 Å².